The standard InChI is InChI=1S/C27H36N4OS/c1-30(2)15-16-31-19-29-25-24(26(31)32)22-12-11-21(17-23(22)33-25)28-18-27(13-7-4-8-14-27)20-9-5-3-6-10-20/h3,5-6,9-10,19,21,28H,4,7-8,11-18H2,1-2H3/t21-/m0/s1. The van der Waals surface area contributed by atoms with E-state index in [0.717, 1.165) is 42.6 Å². The van der Waals surface area contributed by atoms with Gasteiger partial charge in [-0.05, 0) is 57.3 Å². The number of rotatable bonds is 7. The highest BCUT2D eigenvalue weighted by Crippen LogP contribution is 2.40. The molecule has 2 aliphatic carbocycles. The Bertz CT molecular complexity index is 1140. The zero-order chi connectivity index (χ0) is 22.8. The first-order chi connectivity index (χ1) is 16.1. The number of fused-ring (bicyclic) bond motifs is 3. The molecule has 0 aliphatic heterocycles. The van der Waals surface area contributed by atoms with Gasteiger partial charge in [0.2, 0.25) is 0 Å². The molecule has 0 bridgehead atoms. The summed E-state index contributed by atoms with van der Waals surface area (Å²) in [5, 5.41) is 4.85. The van der Waals surface area contributed by atoms with Gasteiger partial charge in [0.15, 0.2) is 0 Å². The van der Waals surface area contributed by atoms with Crippen LogP contribution in [0.3, 0.4) is 0 Å². The van der Waals surface area contributed by atoms with Crippen LogP contribution < -0.4 is 10.9 Å². The molecule has 3 aromatic rings. The maximum absolute atomic E-state index is 13.2. The van der Waals surface area contributed by atoms with Crippen LogP contribution in [0.15, 0.2) is 41.5 Å². The van der Waals surface area contributed by atoms with Crippen LogP contribution in [-0.2, 0) is 24.8 Å². The molecule has 2 aliphatic rings. The second kappa shape index (κ2) is 9.69. The molecule has 2 aromatic heterocycles. The second-order valence-electron chi connectivity index (χ2n) is 10.3. The summed E-state index contributed by atoms with van der Waals surface area (Å²) in [6.45, 7) is 2.58. The van der Waals surface area contributed by atoms with Crippen LogP contribution in [0, 0.1) is 0 Å². The van der Waals surface area contributed by atoms with E-state index >= 15 is 0 Å². The summed E-state index contributed by atoms with van der Waals surface area (Å²) in [5.41, 5.74) is 3.16. The van der Waals surface area contributed by atoms with Crippen molar-refractivity contribution in [2.75, 3.05) is 27.2 Å². The largest absolute Gasteiger partial charge is 0.313 e. The summed E-state index contributed by atoms with van der Waals surface area (Å²) >= 11 is 1.73. The zero-order valence-corrected chi connectivity index (χ0v) is 20.8. The van der Waals surface area contributed by atoms with Crippen molar-refractivity contribution in [3.63, 3.8) is 0 Å². The first kappa shape index (κ1) is 22.8. The van der Waals surface area contributed by atoms with E-state index in [4.69, 9.17) is 0 Å². The molecule has 1 saturated carbocycles. The lowest BCUT2D eigenvalue weighted by atomic mass is 9.69. The molecule has 2 heterocycles. The quantitative estimate of drug-likeness (QED) is 0.564. The Morgan fingerprint density at radius 2 is 1.97 bits per heavy atom. The average molecular weight is 465 g/mol. The third-order valence-electron chi connectivity index (χ3n) is 7.75. The normalized spacial score (nSPS) is 20.3. The van der Waals surface area contributed by atoms with Gasteiger partial charge in [0.25, 0.3) is 5.56 Å². The van der Waals surface area contributed by atoms with Crippen LogP contribution >= 0.6 is 11.3 Å². The SMILES string of the molecule is CN(C)CCn1cnc2sc3c(c2c1=O)CC[C@H](NCC1(c2ccccc2)CCCCC1)C3. The zero-order valence-electron chi connectivity index (χ0n) is 20.0. The molecule has 0 saturated heterocycles. The van der Waals surface area contributed by atoms with E-state index in [1.807, 2.05) is 14.1 Å². The van der Waals surface area contributed by atoms with Crippen molar-refractivity contribution in [2.45, 2.75) is 69.4 Å². The van der Waals surface area contributed by atoms with Gasteiger partial charge in [0, 0.05) is 36.0 Å². The first-order valence-corrected chi connectivity index (χ1v) is 13.3. The monoisotopic (exact) mass is 464 g/mol. The number of thiophene rings is 1. The van der Waals surface area contributed by atoms with Crippen LogP contribution in [0.2, 0.25) is 0 Å². The summed E-state index contributed by atoms with van der Waals surface area (Å²) in [5.74, 6) is 0. The van der Waals surface area contributed by atoms with Gasteiger partial charge in [-0.2, -0.15) is 0 Å². The number of hydrogen-bond donors (Lipinski definition) is 1. The maximum Gasteiger partial charge on any atom is 0.262 e. The summed E-state index contributed by atoms with van der Waals surface area (Å²) in [7, 11) is 4.07. The van der Waals surface area contributed by atoms with Crippen LogP contribution in [0.4, 0.5) is 0 Å². The Balaban J connectivity index is 1.33. The molecule has 1 N–H and O–H groups in total. The van der Waals surface area contributed by atoms with Crippen molar-refractivity contribution in [3.8, 4) is 0 Å². The number of nitrogens with one attached hydrogen (secondary N) is 1. The molecule has 1 fully saturated rings. The van der Waals surface area contributed by atoms with E-state index < -0.39 is 0 Å². The van der Waals surface area contributed by atoms with Crippen LogP contribution in [-0.4, -0.2) is 47.7 Å². The molecule has 6 heteroatoms. The lowest BCUT2D eigenvalue weighted by Crippen LogP contribution is -2.45. The Morgan fingerprint density at radius 1 is 1.18 bits per heavy atom. The summed E-state index contributed by atoms with van der Waals surface area (Å²) in [6.07, 6.45) is 11.4. The van der Waals surface area contributed by atoms with Crippen molar-refractivity contribution >= 4 is 21.6 Å². The molecule has 33 heavy (non-hydrogen) atoms. The first-order valence-electron chi connectivity index (χ1n) is 12.5. The molecule has 5 nitrogen and oxygen atoms in total. The minimum absolute atomic E-state index is 0.135. The summed E-state index contributed by atoms with van der Waals surface area (Å²) in [4.78, 5) is 22.2. The average Bonchev–Trinajstić information content (AvgIpc) is 3.22. The molecule has 1 aromatic carbocycles. The third-order valence-corrected chi connectivity index (χ3v) is 8.91. The number of aryl methyl sites for hydroxylation is 1. The van der Waals surface area contributed by atoms with Crippen LogP contribution in [0.25, 0.3) is 10.2 Å². The predicted molar refractivity (Wildman–Crippen MR) is 137 cm³/mol. The van der Waals surface area contributed by atoms with Gasteiger partial charge in [-0.15, -0.1) is 11.3 Å². The molecule has 0 unspecified atom stereocenters. The fourth-order valence-corrected chi connectivity index (χ4v) is 7.03. The highest BCUT2D eigenvalue weighted by Gasteiger charge is 2.35. The highest BCUT2D eigenvalue weighted by molar-refractivity contribution is 7.18. The van der Waals surface area contributed by atoms with Crippen LogP contribution in [0.1, 0.15) is 54.5 Å². The Labute approximate surface area is 200 Å². The van der Waals surface area contributed by atoms with Gasteiger partial charge in [-0.25, -0.2) is 4.98 Å². The van der Waals surface area contributed by atoms with Crippen molar-refractivity contribution in [2.24, 2.45) is 0 Å². The molecule has 5 rings (SSSR count). The summed E-state index contributed by atoms with van der Waals surface area (Å²) in [6, 6.07) is 11.6. The smallest absolute Gasteiger partial charge is 0.262 e. The maximum atomic E-state index is 13.2. The number of hydrogen-bond acceptors (Lipinski definition) is 5. The topological polar surface area (TPSA) is 50.2 Å². The Morgan fingerprint density at radius 3 is 2.73 bits per heavy atom. The molecular weight excluding hydrogens is 428 g/mol. The lowest BCUT2D eigenvalue weighted by Gasteiger charge is -2.40. The van der Waals surface area contributed by atoms with Gasteiger partial charge in [0.05, 0.1) is 11.7 Å². The number of likely N-dealkylation sites (N-methyl/N-ethyl adjacent to an activating group) is 1. The van der Waals surface area contributed by atoms with E-state index in [-0.39, 0.29) is 11.0 Å². The highest BCUT2D eigenvalue weighted by atomic mass is 32.1. The number of benzene rings is 1. The number of nitrogens with zero attached hydrogens (tertiary/aromatic N) is 3. The van der Waals surface area contributed by atoms with Gasteiger partial charge >= 0.3 is 0 Å². The second-order valence-corrected chi connectivity index (χ2v) is 11.3. The van der Waals surface area contributed by atoms with Gasteiger partial charge in [-0.1, -0.05) is 49.6 Å². The van der Waals surface area contributed by atoms with Crippen LogP contribution in [0.5, 0.6) is 0 Å². The van der Waals surface area contributed by atoms with E-state index in [9.17, 15) is 4.79 Å². The van der Waals surface area contributed by atoms with Crippen molar-refractivity contribution in [1.29, 1.82) is 0 Å². The summed E-state index contributed by atoms with van der Waals surface area (Å²) < 4.78 is 1.78. The molecular formula is C27H36N4OS. The van der Waals surface area contributed by atoms with E-state index in [1.54, 1.807) is 22.2 Å². The third kappa shape index (κ3) is 4.66. The molecule has 0 spiro atoms. The Hall–Kier alpha value is -2.02. The lowest BCUT2D eigenvalue weighted by molar-refractivity contribution is 0.265. The van der Waals surface area contributed by atoms with E-state index in [2.05, 4.69) is 45.5 Å². The number of aromatic nitrogens is 2. The fourth-order valence-electron chi connectivity index (χ4n) is 5.77. The van der Waals surface area contributed by atoms with Gasteiger partial charge < -0.3 is 10.2 Å². The van der Waals surface area contributed by atoms with Gasteiger partial charge in [0.1, 0.15) is 4.83 Å². The van der Waals surface area contributed by atoms with Crippen molar-refractivity contribution in [1.82, 2.24) is 19.8 Å². The Kier molecular flexibility index (Phi) is 6.68. The minimum Gasteiger partial charge on any atom is -0.313 e. The minimum atomic E-state index is 0.135. The predicted octanol–water partition coefficient (Wildman–Crippen LogP) is 4.37. The van der Waals surface area contributed by atoms with E-state index in [0.29, 0.717) is 12.6 Å². The molecule has 0 radical (unpaired) electrons. The fraction of sp³-hybridized carbons (Fsp3) is 0.556. The molecule has 0 amide bonds. The van der Waals surface area contributed by atoms with Crippen molar-refractivity contribution in [3.05, 3.63) is 63.0 Å². The van der Waals surface area contributed by atoms with Gasteiger partial charge in [-0.3, -0.25) is 9.36 Å². The van der Waals surface area contributed by atoms with Crippen molar-refractivity contribution < 1.29 is 0 Å². The molecule has 1 atom stereocenters. The molecule has 176 valence electrons. The van der Waals surface area contributed by atoms with E-state index in [1.165, 1.54) is 48.1 Å².